The Bertz CT molecular complexity index is 956. The summed E-state index contributed by atoms with van der Waals surface area (Å²) in [6, 6.07) is 1.74. The molecule has 0 bridgehead atoms. The first-order chi connectivity index (χ1) is 13.2. The molecule has 0 N–H and O–H groups in total. The molecule has 0 saturated carbocycles. The molecule has 8 nitrogen and oxygen atoms in total. The minimum absolute atomic E-state index is 0.0686. The van der Waals surface area contributed by atoms with Crippen LogP contribution in [0.2, 0.25) is 0 Å². The summed E-state index contributed by atoms with van der Waals surface area (Å²) >= 11 is 0. The summed E-state index contributed by atoms with van der Waals surface area (Å²) in [7, 11) is 1.57. The average Bonchev–Trinajstić information content (AvgIpc) is 3.35. The predicted octanol–water partition coefficient (Wildman–Crippen LogP) is 2.27. The third-order valence-corrected chi connectivity index (χ3v) is 4.90. The maximum absolute atomic E-state index is 12.5. The van der Waals surface area contributed by atoms with E-state index in [9.17, 15) is 4.79 Å². The number of fused-ring (bicyclic) bond motifs is 1. The van der Waals surface area contributed by atoms with Crippen molar-refractivity contribution in [3.05, 3.63) is 41.7 Å². The summed E-state index contributed by atoms with van der Waals surface area (Å²) in [5.74, 6) is 0.741. The quantitative estimate of drug-likeness (QED) is 0.620. The molecule has 3 aromatic rings. The molecule has 1 aliphatic rings. The van der Waals surface area contributed by atoms with Gasteiger partial charge in [0.05, 0.1) is 24.9 Å². The molecular formula is C19H23N5O3. The van der Waals surface area contributed by atoms with Crippen molar-refractivity contribution in [2.75, 3.05) is 20.3 Å². The number of nitrogens with zero attached hydrogens (tertiary/aromatic N) is 5. The van der Waals surface area contributed by atoms with Gasteiger partial charge in [0.25, 0.3) is 5.88 Å². The molecule has 8 heteroatoms. The van der Waals surface area contributed by atoms with E-state index in [1.807, 2.05) is 23.7 Å². The topological polar surface area (TPSA) is 83.5 Å². The van der Waals surface area contributed by atoms with Crippen LogP contribution in [0.15, 0.2) is 24.7 Å². The van der Waals surface area contributed by atoms with Gasteiger partial charge < -0.3 is 13.9 Å². The number of Topliss-reactive ketones (excluding diaryl/α,β-unsaturated/α-hetero) is 1. The first kappa shape index (κ1) is 17.7. The maximum Gasteiger partial charge on any atom is 0.258 e. The van der Waals surface area contributed by atoms with E-state index in [4.69, 9.17) is 14.5 Å². The predicted molar refractivity (Wildman–Crippen MR) is 98.3 cm³/mol. The SMILES string of the molecule is CCn1ccc(C(=O)Cc2cn3cc(C4CCOCC4)nc3c(OC)n2)n1. The molecule has 1 saturated heterocycles. The number of aryl methyl sites for hydroxylation is 1. The summed E-state index contributed by atoms with van der Waals surface area (Å²) in [6.07, 6.45) is 7.76. The molecular weight excluding hydrogens is 346 g/mol. The number of ether oxygens (including phenoxy) is 2. The van der Waals surface area contributed by atoms with Crippen molar-refractivity contribution in [2.24, 2.45) is 0 Å². The molecule has 4 heterocycles. The zero-order valence-corrected chi connectivity index (χ0v) is 15.6. The number of aromatic nitrogens is 5. The molecule has 27 heavy (non-hydrogen) atoms. The van der Waals surface area contributed by atoms with E-state index < -0.39 is 0 Å². The highest BCUT2D eigenvalue weighted by molar-refractivity contribution is 5.95. The Morgan fingerprint density at radius 1 is 1.30 bits per heavy atom. The van der Waals surface area contributed by atoms with Crippen LogP contribution in [0.4, 0.5) is 0 Å². The van der Waals surface area contributed by atoms with Crippen LogP contribution in [-0.2, 0) is 17.7 Å². The fourth-order valence-corrected chi connectivity index (χ4v) is 3.39. The lowest BCUT2D eigenvalue weighted by molar-refractivity contribution is 0.0846. The van der Waals surface area contributed by atoms with Crippen LogP contribution in [0.25, 0.3) is 5.65 Å². The summed E-state index contributed by atoms with van der Waals surface area (Å²) in [4.78, 5) is 21.7. The van der Waals surface area contributed by atoms with E-state index in [1.165, 1.54) is 0 Å². The molecule has 142 valence electrons. The van der Waals surface area contributed by atoms with Gasteiger partial charge in [-0.3, -0.25) is 9.48 Å². The molecule has 0 aromatic carbocycles. The maximum atomic E-state index is 12.5. The van der Waals surface area contributed by atoms with E-state index in [0.717, 1.165) is 38.3 Å². The van der Waals surface area contributed by atoms with E-state index in [-0.39, 0.29) is 12.2 Å². The van der Waals surface area contributed by atoms with Crippen molar-refractivity contribution >= 4 is 11.4 Å². The minimum Gasteiger partial charge on any atom is -0.478 e. The largest absolute Gasteiger partial charge is 0.478 e. The van der Waals surface area contributed by atoms with Gasteiger partial charge in [-0.05, 0) is 25.8 Å². The van der Waals surface area contributed by atoms with Crippen LogP contribution in [0.1, 0.15) is 47.6 Å². The van der Waals surface area contributed by atoms with Crippen molar-refractivity contribution in [3.8, 4) is 5.88 Å². The fraction of sp³-hybridized carbons (Fsp3) is 0.474. The molecule has 3 aromatic heterocycles. The summed E-state index contributed by atoms with van der Waals surface area (Å²) < 4.78 is 14.5. The number of ketones is 1. The van der Waals surface area contributed by atoms with E-state index in [1.54, 1.807) is 24.1 Å². The first-order valence-corrected chi connectivity index (χ1v) is 9.25. The average molecular weight is 369 g/mol. The lowest BCUT2D eigenvalue weighted by Crippen LogP contribution is -2.14. The van der Waals surface area contributed by atoms with Crippen LogP contribution < -0.4 is 4.74 Å². The third-order valence-electron chi connectivity index (χ3n) is 4.90. The van der Waals surface area contributed by atoms with Crippen molar-refractivity contribution in [1.82, 2.24) is 24.1 Å². The molecule has 0 spiro atoms. The lowest BCUT2D eigenvalue weighted by atomic mass is 9.97. The summed E-state index contributed by atoms with van der Waals surface area (Å²) in [5, 5.41) is 4.27. The highest BCUT2D eigenvalue weighted by Crippen LogP contribution is 2.28. The number of hydrogen-bond acceptors (Lipinski definition) is 6. The van der Waals surface area contributed by atoms with Crippen molar-refractivity contribution < 1.29 is 14.3 Å². The molecule has 0 atom stereocenters. The second kappa shape index (κ2) is 7.48. The number of carbonyl (C=O) groups is 1. The molecule has 0 radical (unpaired) electrons. The Morgan fingerprint density at radius 3 is 2.81 bits per heavy atom. The standard InChI is InChI=1S/C19H23N5O3/c1-3-24-7-4-15(22-24)17(25)10-14-11-23-12-16(13-5-8-27-9-6-13)21-18(23)19(20-14)26-2/h4,7,11-13H,3,5-6,8-10H2,1-2H3. The molecule has 1 aliphatic heterocycles. The van der Waals surface area contributed by atoms with Crippen molar-refractivity contribution in [2.45, 2.75) is 38.6 Å². The number of imidazole rings is 1. The Kier molecular flexibility index (Phi) is 4.89. The van der Waals surface area contributed by atoms with Gasteiger partial charge in [-0.1, -0.05) is 0 Å². The van der Waals surface area contributed by atoms with Gasteiger partial charge in [-0.15, -0.1) is 0 Å². The Morgan fingerprint density at radius 2 is 2.11 bits per heavy atom. The highest BCUT2D eigenvalue weighted by atomic mass is 16.5. The minimum atomic E-state index is -0.0686. The van der Waals surface area contributed by atoms with Crippen LogP contribution in [0.3, 0.4) is 0 Å². The third kappa shape index (κ3) is 3.57. The van der Waals surface area contributed by atoms with Gasteiger partial charge in [0.1, 0.15) is 5.69 Å². The fourth-order valence-electron chi connectivity index (χ4n) is 3.39. The van der Waals surface area contributed by atoms with E-state index in [2.05, 4.69) is 10.1 Å². The Balaban J connectivity index is 1.62. The van der Waals surface area contributed by atoms with E-state index >= 15 is 0 Å². The van der Waals surface area contributed by atoms with Crippen LogP contribution >= 0.6 is 0 Å². The Hall–Kier alpha value is -2.74. The number of hydrogen-bond donors (Lipinski definition) is 0. The molecule has 1 fully saturated rings. The van der Waals surface area contributed by atoms with Crippen molar-refractivity contribution in [3.63, 3.8) is 0 Å². The van der Waals surface area contributed by atoms with Gasteiger partial charge >= 0.3 is 0 Å². The number of rotatable bonds is 6. The van der Waals surface area contributed by atoms with Crippen molar-refractivity contribution in [1.29, 1.82) is 0 Å². The molecule has 0 amide bonds. The van der Waals surface area contributed by atoms with Gasteiger partial charge in [0, 0.05) is 44.3 Å². The highest BCUT2D eigenvalue weighted by Gasteiger charge is 2.21. The van der Waals surface area contributed by atoms with Gasteiger partial charge in [-0.2, -0.15) is 5.10 Å². The zero-order valence-electron chi connectivity index (χ0n) is 15.6. The smallest absolute Gasteiger partial charge is 0.258 e. The molecule has 0 unspecified atom stereocenters. The second-order valence-corrected chi connectivity index (χ2v) is 6.68. The Labute approximate surface area is 157 Å². The number of carbonyl (C=O) groups excluding carboxylic acids is 1. The summed E-state index contributed by atoms with van der Waals surface area (Å²) in [6.45, 7) is 4.24. The first-order valence-electron chi connectivity index (χ1n) is 9.25. The van der Waals surface area contributed by atoms with E-state index in [0.29, 0.717) is 28.8 Å². The monoisotopic (exact) mass is 369 g/mol. The van der Waals surface area contributed by atoms with Crippen LogP contribution in [0.5, 0.6) is 5.88 Å². The van der Waals surface area contributed by atoms with Gasteiger partial charge in [0.2, 0.25) is 5.65 Å². The normalized spacial score (nSPS) is 15.3. The molecule has 0 aliphatic carbocycles. The molecule has 4 rings (SSSR count). The van der Waals surface area contributed by atoms with Gasteiger partial charge in [-0.25, -0.2) is 9.97 Å². The summed E-state index contributed by atoms with van der Waals surface area (Å²) in [5.41, 5.74) is 2.77. The van der Waals surface area contributed by atoms with Crippen LogP contribution in [0, 0.1) is 0 Å². The number of methoxy groups -OCH3 is 1. The second-order valence-electron chi connectivity index (χ2n) is 6.68. The van der Waals surface area contributed by atoms with Gasteiger partial charge in [0.15, 0.2) is 5.78 Å². The lowest BCUT2D eigenvalue weighted by Gasteiger charge is -2.19. The zero-order chi connectivity index (χ0) is 18.8. The van der Waals surface area contributed by atoms with Crippen LogP contribution in [-0.4, -0.2) is 50.3 Å².